The zero-order chi connectivity index (χ0) is 9.84. The van der Waals surface area contributed by atoms with Crippen molar-refractivity contribution in [1.82, 2.24) is 0 Å². The molecule has 1 amide bonds. The third kappa shape index (κ3) is 2.15. The van der Waals surface area contributed by atoms with Crippen LogP contribution in [0.2, 0.25) is 0 Å². The van der Waals surface area contributed by atoms with Crippen LogP contribution in [0, 0.1) is 0 Å². The maximum absolute atomic E-state index is 11.0. The minimum atomic E-state index is 0.00106. The number of anilines is 1. The summed E-state index contributed by atoms with van der Waals surface area (Å²) in [5.74, 6) is 0.00106. The summed E-state index contributed by atoms with van der Waals surface area (Å²) in [6, 6.07) is 6.95. The Balaban J connectivity index is 3.04. The highest BCUT2D eigenvalue weighted by Gasteiger charge is 2.02. The van der Waals surface area contributed by atoms with Crippen LogP contribution in [0.5, 0.6) is 0 Å². The fourth-order valence-corrected chi connectivity index (χ4v) is 1.01. The van der Waals surface area contributed by atoms with Gasteiger partial charge in [0.2, 0.25) is 6.41 Å². The van der Waals surface area contributed by atoms with Crippen molar-refractivity contribution < 1.29 is 9.59 Å². The van der Waals surface area contributed by atoms with Gasteiger partial charge in [-0.3, -0.25) is 9.59 Å². The molecule has 0 spiro atoms. The minimum absolute atomic E-state index is 0.00106. The minimum Gasteiger partial charge on any atom is -0.318 e. The van der Waals surface area contributed by atoms with Crippen molar-refractivity contribution >= 4 is 17.9 Å². The molecule has 0 aliphatic carbocycles. The number of rotatable bonds is 3. The van der Waals surface area contributed by atoms with Crippen LogP contribution in [-0.2, 0) is 4.79 Å². The Bertz CT molecular complexity index is 333. The molecular weight excluding hydrogens is 166 g/mol. The van der Waals surface area contributed by atoms with Crippen molar-refractivity contribution in [3.05, 3.63) is 29.8 Å². The molecule has 3 heteroatoms. The average molecular weight is 177 g/mol. The molecule has 0 radical (unpaired) electrons. The first-order valence-electron chi connectivity index (χ1n) is 3.94. The van der Waals surface area contributed by atoms with Gasteiger partial charge in [-0.25, -0.2) is 0 Å². The third-order valence-electron chi connectivity index (χ3n) is 1.82. The number of amides is 1. The molecule has 0 aliphatic heterocycles. The number of Topliss-reactive ketones (excluding diaryl/α,β-unsaturated/α-hetero) is 1. The molecule has 1 aromatic carbocycles. The summed E-state index contributed by atoms with van der Waals surface area (Å²) in [4.78, 5) is 22.9. The van der Waals surface area contributed by atoms with Crippen molar-refractivity contribution in [3.63, 3.8) is 0 Å². The standard InChI is InChI=1S/C10H11NO2/c1-8(13)9-4-3-5-10(6-9)11(2)7-12/h3-7H,1-2H3. The summed E-state index contributed by atoms with van der Waals surface area (Å²) in [6.45, 7) is 1.50. The van der Waals surface area contributed by atoms with Gasteiger partial charge in [-0.1, -0.05) is 12.1 Å². The molecule has 13 heavy (non-hydrogen) atoms. The molecule has 0 saturated carbocycles. The Kier molecular flexibility index (Phi) is 2.80. The third-order valence-corrected chi connectivity index (χ3v) is 1.82. The van der Waals surface area contributed by atoms with Gasteiger partial charge in [-0.2, -0.15) is 0 Å². The molecule has 0 aromatic heterocycles. The zero-order valence-corrected chi connectivity index (χ0v) is 7.65. The fourth-order valence-electron chi connectivity index (χ4n) is 1.01. The van der Waals surface area contributed by atoms with Crippen molar-refractivity contribution in [3.8, 4) is 0 Å². The lowest BCUT2D eigenvalue weighted by molar-refractivity contribution is -0.107. The fraction of sp³-hybridized carbons (Fsp3) is 0.200. The Labute approximate surface area is 77.0 Å². The summed E-state index contributed by atoms with van der Waals surface area (Å²) >= 11 is 0. The van der Waals surface area contributed by atoms with Crippen molar-refractivity contribution in [2.24, 2.45) is 0 Å². The van der Waals surface area contributed by atoms with E-state index in [1.807, 2.05) is 0 Å². The van der Waals surface area contributed by atoms with Crippen LogP contribution in [0.1, 0.15) is 17.3 Å². The lowest BCUT2D eigenvalue weighted by atomic mass is 10.1. The predicted octanol–water partition coefficient (Wildman–Crippen LogP) is 1.48. The second kappa shape index (κ2) is 3.85. The largest absolute Gasteiger partial charge is 0.318 e. The van der Waals surface area contributed by atoms with Gasteiger partial charge in [0, 0.05) is 18.3 Å². The maximum Gasteiger partial charge on any atom is 0.213 e. The van der Waals surface area contributed by atoms with E-state index in [0.29, 0.717) is 12.0 Å². The molecule has 0 saturated heterocycles. The van der Waals surface area contributed by atoms with Gasteiger partial charge in [0.05, 0.1) is 0 Å². The first-order chi connectivity index (χ1) is 6.15. The lowest BCUT2D eigenvalue weighted by Gasteiger charge is -2.10. The highest BCUT2D eigenvalue weighted by atomic mass is 16.1. The van der Waals surface area contributed by atoms with Crippen LogP contribution in [0.25, 0.3) is 0 Å². The normalized spacial score (nSPS) is 9.38. The van der Waals surface area contributed by atoms with Gasteiger partial charge >= 0.3 is 0 Å². The van der Waals surface area contributed by atoms with Crippen LogP contribution in [0.15, 0.2) is 24.3 Å². The van der Waals surface area contributed by atoms with Crippen molar-refractivity contribution in [1.29, 1.82) is 0 Å². The monoisotopic (exact) mass is 177 g/mol. The Morgan fingerprint density at radius 2 is 2.15 bits per heavy atom. The number of carbonyl (C=O) groups excluding carboxylic acids is 2. The number of ketones is 1. The summed E-state index contributed by atoms with van der Waals surface area (Å²) in [5.41, 5.74) is 1.34. The summed E-state index contributed by atoms with van der Waals surface area (Å²) in [5, 5.41) is 0. The van der Waals surface area contributed by atoms with Gasteiger partial charge in [0.1, 0.15) is 0 Å². The number of benzene rings is 1. The van der Waals surface area contributed by atoms with Gasteiger partial charge < -0.3 is 4.90 Å². The van der Waals surface area contributed by atoms with E-state index in [-0.39, 0.29) is 5.78 Å². The summed E-state index contributed by atoms with van der Waals surface area (Å²) in [6.07, 6.45) is 0.708. The van der Waals surface area contributed by atoms with Crippen LogP contribution >= 0.6 is 0 Å². The van der Waals surface area contributed by atoms with E-state index >= 15 is 0 Å². The molecule has 0 atom stereocenters. The Hall–Kier alpha value is -1.64. The number of hydrogen-bond acceptors (Lipinski definition) is 2. The van der Waals surface area contributed by atoms with Crippen molar-refractivity contribution in [2.75, 3.05) is 11.9 Å². The lowest BCUT2D eigenvalue weighted by Crippen LogP contribution is -2.13. The summed E-state index contributed by atoms with van der Waals surface area (Å²) in [7, 11) is 1.65. The van der Waals surface area contributed by atoms with Crippen LogP contribution in [0.3, 0.4) is 0 Å². The first-order valence-corrected chi connectivity index (χ1v) is 3.94. The maximum atomic E-state index is 11.0. The second-order valence-corrected chi connectivity index (χ2v) is 2.82. The summed E-state index contributed by atoms with van der Waals surface area (Å²) < 4.78 is 0. The molecule has 0 N–H and O–H groups in total. The van der Waals surface area contributed by atoms with Gasteiger partial charge in [0.15, 0.2) is 5.78 Å². The number of hydrogen-bond donors (Lipinski definition) is 0. The van der Waals surface area contributed by atoms with E-state index in [1.165, 1.54) is 11.8 Å². The van der Waals surface area contributed by atoms with E-state index < -0.39 is 0 Å². The quantitative estimate of drug-likeness (QED) is 0.518. The van der Waals surface area contributed by atoms with Crippen LogP contribution < -0.4 is 4.90 Å². The Morgan fingerprint density at radius 3 is 2.69 bits per heavy atom. The van der Waals surface area contributed by atoms with Crippen molar-refractivity contribution in [2.45, 2.75) is 6.92 Å². The van der Waals surface area contributed by atoms with E-state index in [0.717, 1.165) is 5.69 Å². The van der Waals surface area contributed by atoms with E-state index in [4.69, 9.17) is 0 Å². The molecule has 68 valence electrons. The second-order valence-electron chi connectivity index (χ2n) is 2.82. The first kappa shape index (κ1) is 9.45. The van der Waals surface area contributed by atoms with E-state index in [9.17, 15) is 9.59 Å². The zero-order valence-electron chi connectivity index (χ0n) is 7.65. The Morgan fingerprint density at radius 1 is 1.46 bits per heavy atom. The molecule has 0 fully saturated rings. The van der Waals surface area contributed by atoms with Crippen LogP contribution in [-0.4, -0.2) is 19.2 Å². The molecule has 1 aromatic rings. The SMILES string of the molecule is CC(=O)c1cccc(N(C)C=O)c1. The molecule has 3 nitrogen and oxygen atoms in total. The molecule has 0 heterocycles. The highest BCUT2D eigenvalue weighted by molar-refractivity contribution is 5.95. The van der Waals surface area contributed by atoms with Gasteiger partial charge in [-0.05, 0) is 19.1 Å². The number of carbonyl (C=O) groups is 2. The number of nitrogens with zero attached hydrogens (tertiary/aromatic N) is 1. The molecule has 0 bridgehead atoms. The van der Waals surface area contributed by atoms with Crippen LogP contribution in [0.4, 0.5) is 5.69 Å². The molecule has 0 aliphatic rings. The molecule has 1 rings (SSSR count). The average Bonchev–Trinajstić information content (AvgIpc) is 2.17. The van der Waals surface area contributed by atoms with E-state index in [2.05, 4.69) is 0 Å². The van der Waals surface area contributed by atoms with Gasteiger partial charge in [-0.15, -0.1) is 0 Å². The topological polar surface area (TPSA) is 37.4 Å². The predicted molar refractivity (Wildman–Crippen MR) is 50.9 cm³/mol. The molecular formula is C10H11NO2. The highest BCUT2D eigenvalue weighted by Crippen LogP contribution is 2.13. The molecule has 0 unspecified atom stereocenters. The van der Waals surface area contributed by atoms with Gasteiger partial charge in [0.25, 0.3) is 0 Å². The smallest absolute Gasteiger partial charge is 0.213 e. The van der Waals surface area contributed by atoms with E-state index in [1.54, 1.807) is 31.3 Å².